The largest absolute Gasteiger partial charge is 0.398 e. The van der Waals surface area contributed by atoms with Crippen LogP contribution in [0.5, 0.6) is 0 Å². The van der Waals surface area contributed by atoms with Crippen LogP contribution in [0.4, 0.5) is 5.69 Å². The van der Waals surface area contributed by atoms with E-state index in [2.05, 4.69) is 44.1 Å². The molecule has 0 fully saturated rings. The average molecular weight is 297 g/mol. The minimum Gasteiger partial charge on any atom is -0.398 e. The van der Waals surface area contributed by atoms with E-state index in [-0.39, 0.29) is 0 Å². The predicted molar refractivity (Wildman–Crippen MR) is 73.4 cm³/mol. The van der Waals surface area contributed by atoms with Gasteiger partial charge in [0.1, 0.15) is 0 Å². The molecule has 0 aliphatic rings. The van der Waals surface area contributed by atoms with E-state index in [0.717, 1.165) is 23.2 Å². The van der Waals surface area contributed by atoms with Crippen LogP contribution < -0.4 is 11.1 Å². The third kappa shape index (κ3) is 3.07. The third-order valence-corrected chi connectivity index (χ3v) is 3.75. The zero-order valence-corrected chi connectivity index (χ0v) is 11.1. The number of nitrogens with one attached hydrogen (secondary N) is 1. The smallest absolute Gasteiger partial charge is 0.0461 e. The summed E-state index contributed by atoms with van der Waals surface area (Å²) >= 11 is 5.11. The molecule has 1 heterocycles. The van der Waals surface area contributed by atoms with Crippen LogP contribution in [0.2, 0.25) is 0 Å². The second-order valence-electron chi connectivity index (χ2n) is 3.59. The van der Waals surface area contributed by atoms with E-state index in [1.54, 1.807) is 11.3 Å². The highest BCUT2D eigenvalue weighted by Gasteiger charge is 1.98. The topological polar surface area (TPSA) is 38.0 Å². The summed E-state index contributed by atoms with van der Waals surface area (Å²) in [6.45, 7) is 1.74. The van der Waals surface area contributed by atoms with Gasteiger partial charge in [-0.3, -0.25) is 0 Å². The quantitative estimate of drug-likeness (QED) is 0.849. The van der Waals surface area contributed by atoms with Gasteiger partial charge in [-0.1, -0.05) is 6.07 Å². The first-order valence-corrected chi connectivity index (χ1v) is 6.75. The molecule has 1 aromatic heterocycles. The minimum atomic E-state index is 0.787. The van der Waals surface area contributed by atoms with Crippen molar-refractivity contribution in [3.05, 3.63) is 50.6 Å². The fraction of sp³-hybridized carbons (Fsp3) is 0.167. The lowest BCUT2D eigenvalue weighted by Crippen LogP contribution is -2.12. The Morgan fingerprint density at radius 3 is 2.69 bits per heavy atom. The van der Waals surface area contributed by atoms with Crippen molar-refractivity contribution >= 4 is 33.0 Å². The van der Waals surface area contributed by atoms with Crippen LogP contribution in [-0.2, 0) is 13.1 Å². The molecule has 0 unspecified atom stereocenters. The van der Waals surface area contributed by atoms with Gasteiger partial charge in [-0.05, 0) is 56.0 Å². The summed E-state index contributed by atoms with van der Waals surface area (Å²) in [4.78, 5) is 0. The van der Waals surface area contributed by atoms with E-state index in [4.69, 9.17) is 5.73 Å². The van der Waals surface area contributed by atoms with E-state index in [1.165, 1.54) is 11.1 Å². The van der Waals surface area contributed by atoms with Gasteiger partial charge in [-0.25, -0.2) is 0 Å². The van der Waals surface area contributed by atoms with E-state index in [1.807, 2.05) is 12.1 Å². The molecule has 0 saturated heterocycles. The number of hydrogen-bond acceptors (Lipinski definition) is 3. The Bertz CT molecular complexity index is 454. The molecule has 0 atom stereocenters. The molecule has 0 aliphatic heterocycles. The lowest BCUT2D eigenvalue weighted by Gasteiger charge is -2.05. The Balaban J connectivity index is 1.87. The molecule has 84 valence electrons. The van der Waals surface area contributed by atoms with Crippen LogP contribution in [-0.4, -0.2) is 0 Å². The van der Waals surface area contributed by atoms with Gasteiger partial charge in [-0.2, -0.15) is 11.3 Å². The molecule has 0 saturated carbocycles. The van der Waals surface area contributed by atoms with Crippen molar-refractivity contribution in [2.24, 2.45) is 0 Å². The van der Waals surface area contributed by atoms with Crippen molar-refractivity contribution in [1.29, 1.82) is 0 Å². The highest BCUT2D eigenvalue weighted by atomic mass is 79.9. The molecule has 0 amide bonds. The zero-order chi connectivity index (χ0) is 11.4. The van der Waals surface area contributed by atoms with Crippen LogP contribution in [0.1, 0.15) is 11.1 Å². The van der Waals surface area contributed by atoms with Gasteiger partial charge in [0.15, 0.2) is 0 Å². The normalized spacial score (nSPS) is 10.6. The summed E-state index contributed by atoms with van der Waals surface area (Å²) in [5.74, 6) is 0. The minimum absolute atomic E-state index is 0.787. The van der Waals surface area contributed by atoms with Gasteiger partial charge < -0.3 is 11.1 Å². The molecule has 4 heteroatoms. The third-order valence-electron chi connectivity index (χ3n) is 2.30. The first-order valence-electron chi connectivity index (χ1n) is 5.01. The molecule has 2 nitrogen and oxygen atoms in total. The molecule has 0 radical (unpaired) electrons. The summed E-state index contributed by atoms with van der Waals surface area (Å²) in [5, 5.41) is 7.63. The molecular weight excluding hydrogens is 284 g/mol. The Kier molecular flexibility index (Phi) is 3.98. The van der Waals surface area contributed by atoms with Crippen molar-refractivity contribution in [3.8, 4) is 0 Å². The van der Waals surface area contributed by atoms with Gasteiger partial charge in [0.2, 0.25) is 0 Å². The molecule has 0 bridgehead atoms. The summed E-state index contributed by atoms with van der Waals surface area (Å²) in [6, 6.07) is 8.18. The Labute approximate surface area is 108 Å². The number of anilines is 1. The van der Waals surface area contributed by atoms with Gasteiger partial charge >= 0.3 is 0 Å². The van der Waals surface area contributed by atoms with Crippen LogP contribution in [0.3, 0.4) is 0 Å². The number of hydrogen-bond donors (Lipinski definition) is 2. The van der Waals surface area contributed by atoms with Gasteiger partial charge in [0, 0.05) is 23.2 Å². The Hall–Kier alpha value is -0.840. The molecule has 1 aromatic carbocycles. The van der Waals surface area contributed by atoms with Crippen LogP contribution in [0.25, 0.3) is 0 Å². The number of nitrogens with two attached hydrogens (primary N) is 1. The average Bonchev–Trinajstić information content (AvgIpc) is 2.76. The second kappa shape index (κ2) is 5.48. The zero-order valence-electron chi connectivity index (χ0n) is 8.74. The molecule has 2 aromatic rings. The number of halogens is 1. The summed E-state index contributed by atoms with van der Waals surface area (Å²) < 4.78 is 0.953. The Morgan fingerprint density at radius 2 is 2.00 bits per heavy atom. The number of thiophene rings is 1. The highest BCUT2D eigenvalue weighted by Crippen LogP contribution is 2.20. The molecule has 2 rings (SSSR count). The van der Waals surface area contributed by atoms with Gasteiger partial charge in [0.05, 0.1) is 0 Å². The lowest BCUT2D eigenvalue weighted by atomic mass is 10.2. The summed E-state index contributed by atoms with van der Waals surface area (Å²) in [7, 11) is 0. The van der Waals surface area contributed by atoms with Crippen molar-refractivity contribution in [1.82, 2.24) is 5.32 Å². The van der Waals surface area contributed by atoms with Crippen LogP contribution >= 0.6 is 27.3 Å². The number of rotatable bonds is 4. The van der Waals surface area contributed by atoms with Gasteiger partial charge in [0.25, 0.3) is 0 Å². The fourth-order valence-corrected chi connectivity index (χ4v) is 2.36. The standard InChI is InChI=1S/C12H13BrN2S/c13-11-2-1-9(5-12(11)14)6-15-7-10-3-4-16-8-10/h1-5,8,15H,6-7,14H2. The van der Waals surface area contributed by atoms with E-state index >= 15 is 0 Å². The van der Waals surface area contributed by atoms with Crippen LogP contribution in [0.15, 0.2) is 39.5 Å². The Morgan fingerprint density at radius 1 is 1.19 bits per heavy atom. The first-order chi connectivity index (χ1) is 7.75. The second-order valence-corrected chi connectivity index (χ2v) is 5.23. The maximum atomic E-state index is 5.81. The predicted octanol–water partition coefficient (Wildman–Crippen LogP) is 3.38. The van der Waals surface area contributed by atoms with Gasteiger partial charge in [-0.15, -0.1) is 0 Å². The SMILES string of the molecule is Nc1cc(CNCc2ccsc2)ccc1Br. The van der Waals surface area contributed by atoms with Crippen molar-refractivity contribution in [2.45, 2.75) is 13.1 Å². The monoisotopic (exact) mass is 296 g/mol. The molecule has 0 aliphatic carbocycles. The molecule has 3 N–H and O–H groups in total. The molecule has 0 spiro atoms. The van der Waals surface area contributed by atoms with Crippen molar-refractivity contribution in [3.63, 3.8) is 0 Å². The van der Waals surface area contributed by atoms with Crippen molar-refractivity contribution < 1.29 is 0 Å². The maximum Gasteiger partial charge on any atom is 0.0461 e. The summed E-state index contributed by atoms with van der Waals surface area (Å²) in [5.41, 5.74) is 9.13. The molecule has 16 heavy (non-hydrogen) atoms. The lowest BCUT2D eigenvalue weighted by molar-refractivity contribution is 0.695. The summed E-state index contributed by atoms with van der Waals surface area (Å²) in [6.07, 6.45) is 0. The van der Waals surface area contributed by atoms with E-state index in [0.29, 0.717) is 0 Å². The van der Waals surface area contributed by atoms with Crippen molar-refractivity contribution in [2.75, 3.05) is 5.73 Å². The highest BCUT2D eigenvalue weighted by molar-refractivity contribution is 9.10. The maximum absolute atomic E-state index is 5.81. The number of benzene rings is 1. The van der Waals surface area contributed by atoms with E-state index in [9.17, 15) is 0 Å². The van der Waals surface area contributed by atoms with E-state index < -0.39 is 0 Å². The fourth-order valence-electron chi connectivity index (χ4n) is 1.45. The first kappa shape index (κ1) is 11.6. The van der Waals surface area contributed by atoms with Crippen LogP contribution in [0, 0.1) is 0 Å². The number of nitrogen functional groups attached to an aromatic ring is 1. The molecular formula is C12H13BrN2S.